The highest BCUT2D eigenvalue weighted by atomic mass is 35.5. The molecule has 8 nitrogen and oxygen atoms in total. The predicted octanol–water partition coefficient (Wildman–Crippen LogP) is 4.71. The van der Waals surface area contributed by atoms with E-state index < -0.39 is 11.9 Å². The van der Waals surface area contributed by atoms with Gasteiger partial charge in [-0.05, 0) is 62.4 Å². The molecule has 9 heteroatoms. The molecule has 0 aliphatic carbocycles. The minimum Gasteiger partial charge on any atom is -0.490 e. The number of esters is 1. The van der Waals surface area contributed by atoms with Gasteiger partial charge in [-0.15, -0.1) is 0 Å². The maximum atomic E-state index is 12.7. The molecule has 0 atom stereocenters. The third-order valence-electron chi connectivity index (χ3n) is 4.07. The first-order valence-electron chi connectivity index (χ1n) is 9.80. The van der Waals surface area contributed by atoms with Gasteiger partial charge in [0.15, 0.2) is 17.3 Å². The zero-order valence-corrected chi connectivity index (χ0v) is 18.2. The molecule has 0 fully saturated rings. The molecule has 0 saturated carbocycles. The third kappa shape index (κ3) is 5.89. The lowest BCUT2D eigenvalue weighted by Crippen LogP contribution is -2.17. The van der Waals surface area contributed by atoms with E-state index in [4.69, 9.17) is 30.2 Å². The number of benzene rings is 2. The van der Waals surface area contributed by atoms with Crippen LogP contribution in [0.25, 0.3) is 0 Å². The van der Waals surface area contributed by atoms with E-state index in [0.29, 0.717) is 35.3 Å². The van der Waals surface area contributed by atoms with E-state index >= 15 is 0 Å². The summed E-state index contributed by atoms with van der Waals surface area (Å²) in [5, 5.41) is 4.28. The first-order chi connectivity index (χ1) is 15.5. The van der Waals surface area contributed by atoms with Crippen molar-refractivity contribution in [3.05, 3.63) is 76.7 Å². The van der Waals surface area contributed by atoms with Crippen molar-refractivity contribution in [1.82, 2.24) is 5.43 Å². The Morgan fingerprint density at radius 1 is 1.03 bits per heavy atom. The smallest absolute Gasteiger partial charge is 0.343 e. The van der Waals surface area contributed by atoms with Crippen LogP contribution in [0.1, 0.15) is 40.3 Å². The van der Waals surface area contributed by atoms with Crippen LogP contribution in [0.4, 0.5) is 0 Å². The quantitative estimate of drug-likeness (QED) is 0.216. The number of carbonyl (C=O) groups is 2. The second kappa shape index (κ2) is 11.0. The highest BCUT2D eigenvalue weighted by Gasteiger charge is 2.15. The van der Waals surface area contributed by atoms with Gasteiger partial charge in [0.25, 0.3) is 0 Å². The molecule has 0 aliphatic heterocycles. The van der Waals surface area contributed by atoms with Crippen LogP contribution >= 0.6 is 11.6 Å². The second-order valence-electron chi connectivity index (χ2n) is 6.28. The van der Waals surface area contributed by atoms with Gasteiger partial charge in [-0.1, -0.05) is 11.6 Å². The number of nitrogens with one attached hydrogen (secondary N) is 1. The summed E-state index contributed by atoms with van der Waals surface area (Å²) in [6, 6.07) is 12.6. The van der Waals surface area contributed by atoms with Crippen molar-refractivity contribution >= 4 is 29.7 Å². The zero-order chi connectivity index (χ0) is 22.9. The van der Waals surface area contributed by atoms with Gasteiger partial charge >= 0.3 is 11.9 Å². The number of hydrazone groups is 1. The summed E-state index contributed by atoms with van der Waals surface area (Å²) < 4.78 is 21.6. The number of furan rings is 1. The van der Waals surface area contributed by atoms with Crippen molar-refractivity contribution < 1.29 is 28.2 Å². The number of halogens is 1. The number of amides is 1. The molecule has 1 aromatic heterocycles. The maximum Gasteiger partial charge on any atom is 0.343 e. The number of rotatable bonds is 9. The van der Waals surface area contributed by atoms with Gasteiger partial charge in [-0.25, -0.2) is 10.2 Å². The molecular formula is C23H21ClN2O6. The highest BCUT2D eigenvalue weighted by Crippen LogP contribution is 2.29. The van der Waals surface area contributed by atoms with Crippen molar-refractivity contribution in [3.63, 3.8) is 0 Å². The molecule has 1 amide bonds. The predicted molar refractivity (Wildman–Crippen MR) is 119 cm³/mol. The Hall–Kier alpha value is -3.78. The number of hydrogen-bond donors (Lipinski definition) is 1. The van der Waals surface area contributed by atoms with E-state index in [2.05, 4.69) is 10.5 Å². The summed E-state index contributed by atoms with van der Waals surface area (Å²) >= 11 is 6.06. The first-order valence-corrected chi connectivity index (χ1v) is 10.2. The van der Waals surface area contributed by atoms with E-state index in [9.17, 15) is 9.59 Å². The minimum absolute atomic E-state index is 0.112. The van der Waals surface area contributed by atoms with Gasteiger partial charge in [0, 0.05) is 10.6 Å². The van der Waals surface area contributed by atoms with Crippen molar-refractivity contribution in [2.24, 2.45) is 5.10 Å². The van der Waals surface area contributed by atoms with Gasteiger partial charge in [0.05, 0.1) is 31.3 Å². The van der Waals surface area contributed by atoms with Crippen molar-refractivity contribution in [2.75, 3.05) is 13.2 Å². The topological polar surface area (TPSA) is 99.4 Å². The van der Waals surface area contributed by atoms with Gasteiger partial charge in [0.1, 0.15) is 5.75 Å². The molecule has 166 valence electrons. The Morgan fingerprint density at radius 3 is 2.50 bits per heavy atom. The molecule has 3 aromatic rings. The summed E-state index contributed by atoms with van der Waals surface area (Å²) in [6.45, 7) is 4.58. The molecule has 1 heterocycles. The Kier molecular flexibility index (Phi) is 7.88. The Bertz CT molecular complexity index is 1110. The summed E-state index contributed by atoms with van der Waals surface area (Å²) in [6.07, 6.45) is 2.70. The SMILES string of the molecule is CCOc1ccc(C(=O)Oc2ccc(Cl)cc2/C=N/NC(=O)c2ccco2)cc1OCC. The fraction of sp³-hybridized carbons (Fsp3) is 0.174. The van der Waals surface area contributed by atoms with E-state index in [-0.39, 0.29) is 17.1 Å². The van der Waals surface area contributed by atoms with E-state index in [1.54, 1.807) is 36.4 Å². The average molecular weight is 457 g/mol. The Morgan fingerprint density at radius 2 is 1.78 bits per heavy atom. The van der Waals surface area contributed by atoms with Gasteiger partial charge in [-0.3, -0.25) is 4.79 Å². The number of carbonyl (C=O) groups excluding carboxylic acids is 2. The molecule has 2 aromatic carbocycles. The van der Waals surface area contributed by atoms with Crippen LogP contribution in [-0.2, 0) is 0 Å². The third-order valence-corrected chi connectivity index (χ3v) is 4.30. The second-order valence-corrected chi connectivity index (χ2v) is 6.71. The Labute approximate surface area is 189 Å². The van der Waals surface area contributed by atoms with E-state index in [1.807, 2.05) is 13.8 Å². The number of nitrogens with zero attached hydrogens (tertiary/aromatic N) is 1. The van der Waals surface area contributed by atoms with Crippen LogP contribution in [0.5, 0.6) is 17.2 Å². The standard InChI is InChI=1S/C23H21ClN2O6/c1-3-29-19-9-7-15(13-21(19)30-4-2)23(28)32-18-10-8-17(24)12-16(18)14-25-26-22(27)20-6-5-11-31-20/h5-14H,3-4H2,1-2H3,(H,26,27)/b25-14+. The van der Waals surface area contributed by atoms with Crippen LogP contribution < -0.4 is 19.6 Å². The number of ether oxygens (including phenoxy) is 3. The molecule has 0 unspecified atom stereocenters. The fourth-order valence-electron chi connectivity index (χ4n) is 2.67. The van der Waals surface area contributed by atoms with Gasteiger partial charge < -0.3 is 18.6 Å². The molecule has 3 rings (SSSR count). The van der Waals surface area contributed by atoms with E-state index in [0.717, 1.165) is 0 Å². The minimum atomic E-state index is -0.606. The van der Waals surface area contributed by atoms with Crippen LogP contribution in [0.2, 0.25) is 5.02 Å². The van der Waals surface area contributed by atoms with Crippen molar-refractivity contribution in [2.45, 2.75) is 13.8 Å². The zero-order valence-electron chi connectivity index (χ0n) is 17.5. The normalized spacial score (nSPS) is 10.7. The molecule has 0 bridgehead atoms. The summed E-state index contributed by atoms with van der Waals surface area (Å²) in [5.74, 6) is 0.179. The summed E-state index contributed by atoms with van der Waals surface area (Å²) in [7, 11) is 0. The summed E-state index contributed by atoms with van der Waals surface area (Å²) in [4.78, 5) is 24.7. The number of hydrogen-bond acceptors (Lipinski definition) is 7. The lowest BCUT2D eigenvalue weighted by molar-refractivity contribution is 0.0733. The molecule has 32 heavy (non-hydrogen) atoms. The van der Waals surface area contributed by atoms with Crippen molar-refractivity contribution in [1.29, 1.82) is 0 Å². The monoisotopic (exact) mass is 456 g/mol. The largest absolute Gasteiger partial charge is 0.490 e. The van der Waals surface area contributed by atoms with Gasteiger partial charge in [-0.2, -0.15) is 5.10 Å². The highest BCUT2D eigenvalue weighted by molar-refractivity contribution is 6.31. The van der Waals surface area contributed by atoms with E-state index in [1.165, 1.54) is 24.6 Å². The van der Waals surface area contributed by atoms with Crippen LogP contribution in [0.15, 0.2) is 64.3 Å². The van der Waals surface area contributed by atoms with Gasteiger partial charge in [0.2, 0.25) is 0 Å². The van der Waals surface area contributed by atoms with Crippen LogP contribution in [0.3, 0.4) is 0 Å². The maximum absolute atomic E-state index is 12.7. The van der Waals surface area contributed by atoms with Crippen LogP contribution in [0, 0.1) is 0 Å². The Balaban J connectivity index is 1.77. The molecule has 0 radical (unpaired) electrons. The molecule has 0 saturated heterocycles. The average Bonchev–Trinajstić information content (AvgIpc) is 3.32. The lowest BCUT2D eigenvalue weighted by atomic mass is 10.2. The molecule has 0 aliphatic rings. The fourth-order valence-corrected chi connectivity index (χ4v) is 2.85. The molecular weight excluding hydrogens is 436 g/mol. The lowest BCUT2D eigenvalue weighted by Gasteiger charge is -2.12. The molecule has 0 spiro atoms. The molecule has 1 N–H and O–H groups in total. The first kappa shape index (κ1) is 22.9. The van der Waals surface area contributed by atoms with Crippen LogP contribution in [-0.4, -0.2) is 31.3 Å². The summed E-state index contributed by atoms with van der Waals surface area (Å²) in [5.41, 5.74) is 3.00. The van der Waals surface area contributed by atoms with Crippen molar-refractivity contribution in [3.8, 4) is 17.2 Å².